The molecule has 0 saturated carbocycles. The molecule has 1 fully saturated rings. The lowest BCUT2D eigenvalue weighted by atomic mass is 9.96. The summed E-state index contributed by atoms with van der Waals surface area (Å²) in [5.74, 6) is 2.53. The van der Waals surface area contributed by atoms with Crippen LogP contribution < -0.4 is 9.47 Å². The Morgan fingerprint density at radius 1 is 1.10 bits per heavy atom. The molecule has 1 aliphatic heterocycles. The van der Waals surface area contributed by atoms with Crippen LogP contribution in [0, 0.1) is 6.92 Å². The number of amides is 1. The van der Waals surface area contributed by atoms with E-state index in [2.05, 4.69) is 10.1 Å². The van der Waals surface area contributed by atoms with Crippen LogP contribution in [0.1, 0.15) is 40.6 Å². The number of ether oxygens (including phenoxy) is 2. The molecule has 7 nitrogen and oxygen atoms in total. The van der Waals surface area contributed by atoms with Crippen molar-refractivity contribution in [2.24, 2.45) is 0 Å². The Kier molecular flexibility index (Phi) is 5.70. The molecule has 1 amide bonds. The number of benzene rings is 2. The Balaban J connectivity index is 1.43. The standard InChI is InChI=1S/C23H25N3O4/c1-15-6-4-5-7-18(15)21-24-22(30-25-21)16-10-12-26(13-11-16)23(27)19-9-8-17(28-2)14-20(19)29-3/h4-9,14,16H,10-13H2,1-3H3. The van der Waals surface area contributed by atoms with Gasteiger partial charge in [0, 0.05) is 30.6 Å². The summed E-state index contributed by atoms with van der Waals surface area (Å²) in [6.45, 7) is 3.28. The van der Waals surface area contributed by atoms with E-state index in [1.807, 2.05) is 36.1 Å². The number of hydrogen-bond donors (Lipinski definition) is 0. The first-order valence-electron chi connectivity index (χ1n) is 10.0. The lowest BCUT2D eigenvalue weighted by Gasteiger charge is -2.30. The molecule has 0 unspecified atom stereocenters. The molecule has 7 heteroatoms. The van der Waals surface area contributed by atoms with Gasteiger partial charge in [0.1, 0.15) is 11.5 Å². The Hall–Kier alpha value is -3.35. The summed E-state index contributed by atoms with van der Waals surface area (Å²) in [7, 11) is 3.14. The van der Waals surface area contributed by atoms with Crippen molar-refractivity contribution in [1.82, 2.24) is 15.0 Å². The number of nitrogens with zero attached hydrogens (tertiary/aromatic N) is 3. The number of methoxy groups -OCH3 is 2. The molecule has 1 saturated heterocycles. The van der Waals surface area contributed by atoms with Gasteiger partial charge in [-0.1, -0.05) is 29.4 Å². The van der Waals surface area contributed by atoms with Crippen LogP contribution in [0.4, 0.5) is 0 Å². The minimum absolute atomic E-state index is 0.0425. The fraction of sp³-hybridized carbons (Fsp3) is 0.348. The average Bonchev–Trinajstić information content (AvgIpc) is 3.28. The molecular weight excluding hydrogens is 382 g/mol. The summed E-state index contributed by atoms with van der Waals surface area (Å²) in [5.41, 5.74) is 2.63. The first kappa shape index (κ1) is 19.9. The monoisotopic (exact) mass is 407 g/mol. The smallest absolute Gasteiger partial charge is 0.257 e. The fourth-order valence-electron chi connectivity index (χ4n) is 3.81. The van der Waals surface area contributed by atoms with Crippen LogP contribution in [0.3, 0.4) is 0 Å². The minimum Gasteiger partial charge on any atom is -0.497 e. The van der Waals surface area contributed by atoms with Crippen LogP contribution in [-0.4, -0.2) is 48.3 Å². The van der Waals surface area contributed by atoms with Gasteiger partial charge >= 0.3 is 0 Å². The normalized spacial score (nSPS) is 14.6. The second-order valence-corrected chi connectivity index (χ2v) is 7.40. The van der Waals surface area contributed by atoms with E-state index in [4.69, 9.17) is 14.0 Å². The molecule has 1 aliphatic rings. The van der Waals surface area contributed by atoms with E-state index in [-0.39, 0.29) is 11.8 Å². The van der Waals surface area contributed by atoms with Crippen molar-refractivity contribution in [2.45, 2.75) is 25.7 Å². The molecule has 0 atom stereocenters. The highest BCUT2D eigenvalue weighted by Crippen LogP contribution is 2.31. The third-order valence-corrected chi connectivity index (χ3v) is 5.60. The lowest BCUT2D eigenvalue weighted by molar-refractivity contribution is 0.0701. The van der Waals surface area contributed by atoms with Crippen LogP contribution >= 0.6 is 0 Å². The van der Waals surface area contributed by atoms with Crippen molar-refractivity contribution in [3.8, 4) is 22.9 Å². The van der Waals surface area contributed by atoms with Crippen molar-refractivity contribution in [3.05, 3.63) is 59.5 Å². The minimum atomic E-state index is -0.0425. The topological polar surface area (TPSA) is 77.7 Å². The molecule has 4 rings (SSSR count). The number of carbonyl (C=O) groups excluding carboxylic acids is 1. The van der Waals surface area contributed by atoms with Crippen molar-refractivity contribution < 1.29 is 18.8 Å². The van der Waals surface area contributed by atoms with Gasteiger partial charge in [-0.25, -0.2) is 0 Å². The van der Waals surface area contributed by atoms with Crippen LogP contribution in [0.15, 0.2) is 47.0 Å². The van der Waals surface area contributed by atoms with Crippen molar-refractivity contribution in [3.63, 3.8) is 0 Å². The van der Waals surface area contributed by atoms with Gasteiger partial charge in [-0.05, 0) is 37.5 Å². The molecule has 1 aromatic heterocycles. The highest BCUT2D eigenvalue weighted by Gasteiger charge is 2.29. The summed E-state index contributed by atoms with van der Waals surface area (Å²) in [5, 5.41) is 4.17. The van der Waals surface area contributed by atoms with Crippen molar-refractivity contribution >= 4 is 5.91 Å². The summed E-state index contributed by atoms with van der Waals surface area (Å²) < 4.78 is 16.2. The summed E-state index contributed by atoms with van der Waals surface area (Å²) in [6, 6.07) is 13.2. The number of hydrogen-bond acceptors (Lipinski definition) is 6. The highest BCUT2D eigenvalue weighted by atomic mass is 16.5. The number of carbonyl (C=O) groups is 1. The molecular formula is C23H25N3O4. The first-order valence-corrected chi connectivity index (χ1v) is 10.0. The molecule has 0 bridgehead atoms. The van der Waals surface area contributed by atoms with Gasteiger partial charge in [0.05, 0.1) is 19.8 Å². The molecule has 0 spiro atoms. The second kappa shape index (κ2) is 8.57. The number of likely N-dealkylation sites (tertiary alicyclic amines) is 1. The zero-order valence-electron chi connectivity index (χ0n) is 17.4. The van der Waals surface area contributed by atoms with Gasteiger partial charge in [-0.15, -0.1) is 0 Å². The summed E-state index contributed by atoms with van der Waals surface area (Å²) >= 11 is 0. The molecule has 0 N–H and O–H groups in total. The average molecular weight is 407 g/mol. The van der Waals surface area contributed by atoms with Crippen LogP contribution in [0.25, 0.3) is 11.4 Å². The van der Waals surface area contributed by atoms with Crippen molar-refractivity contribution in [1.29, 1.82) is 0 Å². The SMILES string of the molecule is COc1ccc(C(=O)N2CCC(c3nc(-c4ccccc4C)no3)CC2)c(OC)c1. The van der Waals surface area contributed by atoms with E-state index >= 15 is 0 Å². The highest BCUT2D eigenvalue weighted by molar-refractivity contribution is 5.97. The van der Waals surface area contributed by atoms with Crippen LogP contribution in [-0.2, 0) is 0 Å². The van der Waals surface area contributed by atoms with Crippen LogP contribution in [0.5, 0.6) is 11.5 Å². The van der Waals surface area contributed by atoms with Gasteiger partial charge in [-0.3, -0.25) is 4.79 Å². The van der Waals surface area contributed by atoms with E-state index in [0.717, 1.165) is 24.0 Å². The number of aryl methyl sites for hydroxylation is 1. The van der Waals surface area contributed by atoms with Gasteiger partial charge < -0.3 is 18.9 Å². The quantitative estimate of drug-likeness (QED) is 0.634. The Bertz CT molecular complexity index is 1040. The van der Waals surface area contributed by atoms with E-state index in [0.29, 0.717) is 41.9 Å². The third kappa shape index (κ3) is 3.87. The zero-order valence-corrected chi connectivity index (χ0v) is 17.4. The Morgan fingerprint density at radius 3 is 2.57 bits per heavy atom. The first-order chi connectivity index (χ1) is 14.6. The second-order valence-electron chi connectivity index (χ2n) is 7.40. The number of aromatic nitrogens is 2. The molecule has 3 aromatic rings. The van der Waals surface area contributed by atoms with Crippen molar-refractivity contribution in [2.75, 3.05) is 27.3 Å². The van der Waals surface area contributed by atoms with Gasteiger partial charge in [-0.2, -0.15) is 4.98 Å². The molecule has 2 heterocycles. The van der Waals surface area contributed by atoms with E-state index in [1.165, 1.54) is 0 Å². The summed E-state index contributed by atoms with van der Waals surface area (Å²) in [4.78, 5) is 19.5. The maximum absolute atomic E-state index is 13.0. The number of rotatable bonds is 5. The van der Waals surface area contributed by atoms with Gasteiger partial charge in [0.25, 0.3) is 5.91 Å². The fourth-order valence-corrected chi connectivity index (χ4v) is 3.81. The van der Waals surface area contributed by atoms with Crippen LogP contribution in [0.2, 0.25) is 0 Å². The molecule has 156 valence electrons. The maximum atomic E-state index is 13.0. The van der Waals surface area contributed by atoms with E-state index < -0.39 is 0 Å². The number of piperidine rings is 1. The molecule has 30 heavy (non-hydrogen) atoms. The zero-order chi connectivity index (χ0) is 21.1. The Morgan fingerprint density at radius 2 is 1.87 bits per heavy atom. The molecule has 0 aliphatic carbocycles. The third-order valence-electron chi connectivity index (χ3n) is 5.60. The predicted molar refractivity (Wildman–Crippen MR) is 112 cm³/mol. The largest absolute Gasteiger partial charge is 0.497 e. The lowest BCUT2D eigenvalue weighted by Crippen LogP contribution is -2.38. The summed E-state index contributed by atoms with van der Waals surface area (Å²) in [6.07, 6.45) is 1.55. The van der Waals surface area contributed by atoms with Gasteiger partial charge in [0.2, 0.25) is 11.7 Å². The Labute approximate surface area is 175 Å². The van der Waals surface area contributed by atoms with E-state index in [9.17, 15) is 4.79 Å². The van der Waals surface area contributed by atoms with E-state index in [1.54, 1.807) is 32.4 Å². The predicted octanol–water partition coefficient (Wildman–Crippen LogP) is 4.08. The van der Waals surface area contributed by atoms with Gasteiger partial charge in [0.15, 0.2) is 0 Å². The molecule has 2 aromatic carbocycles. The molecule has 0 radical (unpaired) electrons. The maximum Gasteiger partial charge on any atom is 0.257 e.